The maximum Gasteiger partial charge on any atom is 0.243 e. The van der Waals surface area contributed by atoms with E-state index >= 15 is 0 Å². The molecule has 2 heteroatoms. The largest absolute Gasteiger partial charge is 0.243 e. The lowest BCUT2D eigenvalue weighted by atomic mass is 9.34. The molecule has 0 amide bonds. The Morgan fingerprint density at radius 3 is 0.812 bits per heavy atom. The van der Waals surface area contributed by atoms with Gasteiger partial charge in [-0.3, -0.25) is 0 Å². The van der Waals surface area contributed by atoms with E-state index < -0.39 is 0 Å². The van der Waals surface area contributed by atoms with Crippen LogP contribution in [0.5, 0.6) is 0 Å². The van der Waals surface area contributed by atoms with E-state index in [1.807, 2.05) is 0 Å². The first-order chi connectivity index (χ1) is 31.4. The van der Waals surface area contributed by atoms with Gasteiger partial charge in [0.2, 0.25) is 13.4 Å². The minimum atomic E-state index is -0.0116. The molecular formula is C62H48B2. The second kappa shape index (κ2) is 15.3. The Labute approximate surface area is 376 Å². The van der Waals surface area contributed by atoms with Crippen LogP contribution >= 0.6 is 0 Å². The Kier molecular flexibility index (Phi) is 9.20. The molecule has 12 aromatic rings. The Bertz CT molecular complexity index is 3340. The van der Waals surface area contributed by atoms with E-state index in [0.717, 1.165) is 0 Å². The number of fused-ring (bicyclic) bond motifs is 4. The van der Waals surface area contributed by atoms with Gasteiger partial charge >= 0.3 is 0 Å². The van der Waals surface area contributed by atoms with Gasteiger partial charge in [0.15, 0.2) is 0 Å². The van der Waals surface area contributed by atoms with Gasteiger partial charge in [0, 0.05) is 0 Å². The van der Waals surface area contributed by atoms with Gasteiger partial charge in [0.25, 0.3) is 0 Å². The molecule has 0 bridgehead atoms. The summed E-state index contributed by atoms with van der Waals surface area (Å²) in [6, 6.07) is 78.5. The van der Waals surface area contributed by atoms with E-state index in [9.17, 15) is 0 Å². The highest BCUT2D eigenvalue weighted by atomic mass is 14.2. The summed E-state index contributed by atoms with van der Waals surface area (Å²) in [4.78, 5) is 0. The number of hydrogen-bond acceptors (Lipinski definition) is 0. The van der Waals surface area contributed by atoms with Crippen LogP contribution < -0.4 is 32.8 Å². The van der Waals surface area contributed by atoms with E-state index in [1.165, 1.54) is 119 Å². The minimum Gasteiger partial charge on any atom is -0.0663 e. The molecule has 0 saturated carbocycles. The SMILES string of the molecule is CC(C)c1cc(B(c2cccc3ccccc23)c2cccc3ccccc23)c2ccc3c(C(C)C)cc(B(c4cccc5ccccc45)c4cccc5ccccc45)c4ccc1c2c43. The summed E-state index contributed by atoms with van der Waals surface area (Å²) < 4.78 is 0. The van der Waals surface area contributed by atoms with E-state index in [0.29, 0.717) is 11.8 Å². The summed E-state index contributed by atoms with van der Waals surface area (Å²) in [7, 11) is 0. The van der Waals surface area contributed by atoms with E-state index in [1.54, 1.807) is 0 Å². The summed E-state index contributed by atoms with van der Waals surface area (Å²) in [6.07, 6.45) is 0. The molecule has 0 fully saturated rings. The minimum absolute atomic E-state index is 0.0116. The lowest BCUT2D eigenvalue weighted by Crippen LogP contribution is -2.53. The van der Waals surface area contributed by atoms with Gasteiger partial charge in [-0.05, 0) is 98.4 Å². The predicted octanol–water partition coefficient (Wildman–Crippen LogP) is 12.5. The highest BCUT2D eigenvalue weighted by Crippen LogP contribution is 2.40. The fraction of sp³-hybridized carbons (Fsp3) is 0.0968. The first-order valence-electron chi connectivity index (χ1n) is 23.1. The van der Waals surface area contributed by atoms with Crippen LogP contribution in [0.3, 0.4) is 0 Å². The van der Waals surface area contributed by atoms with Gasteiger partial charge in [-0.2, -0.15) is 0 Å². The van der Waals surface area contributed by atoms with Crippen LogP contribution in [-0.2, 0) is 0 Å². The third-order valence-corrected chi connectivity index (χ3v) is 14.4. The van der Waals surface area contributed by atoms with E-state index in [2.05, 4.69) is 234 Å². The molecule has 0 spiro atoms. The van der Waals surface area contributed by atoms with Crippen LogP contribution in [0.2, 0.25) is 0 Å². The van der Waals surface area contributed by atoms with Crippen LogP contribution in [0, 0.1) is 0 Å². The van der Waals surface area contributed by atoms with Crippen molar-refractivity contribution in [3.05, 3.63) is 217 Å². The average molecular weight is 815 g/mol. The summed E-state index contributed by atoms with van der Waals surface area (Å²) in [5, 5.41) is 18.5. The zero-order chi connectivity index (χ0) is 43.1. The molecule has 0 aliphatic heterocycles. The zero-order valence-corrected chi connectivity index (χ0v) is 36.9. The zero-order valence-electron chi connectivity index (χ0n) is 36.9. The van der Waals surface area contributed by atoms with Crippen molar-refractivity contribution in [1.29, 1.82) is 0 Å². The highest BCUT2D eigenvalue weighted by Gasteiger charge is 2.33. The van der Waals surface area contributed by atoms with Gasteiger partial charge in [0.1, 0.15) is 0 Å². The summed E-state index contributed by atoms with van der Waals surface area (Å²) in [6.45, 7) is 9.49. The number of rotatable bonds is 8. The van der Waals surface area contributed by atoms with Gasteiger partial charge in [-0.15, -0.1) is 0 Å². The molecule has 0 radical (unpaired) electrons. The van der Waals surface area contributed by atoms with Crippen molar-refractivity contribution in [1.82, 2.24) is 0 Å². The first kappa shape index (κ1) is 38.5. The Hall–Kier alpha value is -7.15. The van der Waals surface area contributed by atoms with Crippen LogP contribution in [0.1, 0.15) is 50.7 Å². The molecule has 0 N–H and O–H groups in total. The van der Waals surface area contributed by atoms with Crippen LogP contribution in [-0.4, -0.2) is 13.4 Å². The lowest BCUT2D eigenvalue weighted by Gasteiger charge is -2.28. The third-order valence-electron chi connectivity index (χ3n) is 14.4. The number of hydrogen-bond donors (Lipinski definition) is 0. The predicted molar refractivity (Wildman–Crippen MR) is 283 cm³/mol. The normalized spacial score (nSPS) is 12.0. The summed E-state index contributed by atoms with van der Waals surface area (Å²) >= 11 is 0. The van der Waals surface area contributed by atoms with Crippen molar-refractivity contribution in [2.45, 2.75) is 39.5 Å². The van der Waals surface area contributed by atoms with Crippen LogP contribution in [0.25, 0.3) is 75.4 Å². The van der Waals surface area contributed by atoms with Gasteiger partial charge in [-0.1, -0.05) is 267 Å². The van der Waals surface area contributed by atoms with Gasteiger partial charge < -0.3 is 0 Å². The van der Waals surface area contributed by atoms with E-state index in [-0.39, 0.29) is 13.4 Å². The maximum atomic E-state index is 2.58. The third kappa shape index (κ3) is 6.00. The van der Waals surface area contributed by atoms with Gasteiger partial charge in [-0.25, -0.2) is 0 Å². The summed E-state index contributed by atoms with van der Waals surface area (Å²) in [5.74, 6) is 0.624. The van der Waals surface area contributed by atoms with Crippen molar-refractivity contribution in [2.24, 2.45) is 0 Å². The Morgan fingerprint density at radius 1 is 0.250 bits per heavy atom. The molecule has 0 aliphatic carbocycles. The second-order valence-corrected chi connectivity index (χ2v) is 18.6. The summed E-state index contributed by atoms with van der Waals surface area (Å²) in [5.41, 5.74) is 10.9. The quantitative estimate of drug-likeness (QED) is 0.106. The van der Waals surface area contributed by atoms with Crippen LogP contribution in [0.15, 0.2) is 206 Å². The highest BCUT2D eigenvalue weighted by molar-refractivity contribution is 7.00. The molecule has 0 aromatic heterocycles. The van der Waals surface area contributed by atoms with Crippen LogP contribution in [0.4, 0.5) is 0 Å². The molecule has 0 aliphatic rings. The molecule has 0 saturated heterocycles. The number of benzene rings is 12. The smallest absolute Gasteiger partial charge is 0.0663 e. The molecule has 0 atom stereocenters. The molecule has 0 heterocycles. The molecule has 0 nitrogen and oxygen atoms in total. The topological polar surface area (TPSA) is 0 Å². The second-order valence-electron chi connectivity index (χ2n) is 18.6. The molecule has 302 valence electrons. The average Bonchev–Trinajstić information content (AvgIpc) is 3.34. The lowest BCUT2D eigenvalue weighted by molar-refractivity contribution is 0.877. The Balaban J connectivity index is 1.24. The van der Waals surface area contributed by atoms with E-state index in [4.69, 9.17) is 0 Å². The van der Waals surface area contributed by atoms with Crippen molar-refractivity contribution >= 4 is 122 Å². The van der Waals surface area contributed by atoms with Crippen molar-refractivity contribution in [2.75, 3.05) is 0 Å². The molecule has 64 heavy (non-hydrogen) atoms. The monoisotopic (exact) mass is 814 g/mol. The molecule has 12 aromatic carbocycles. The molecule has 0 unspecified atom stereocenters. The van der Waals surface area contributed by atoms with Gasteiger partial charge in [0.05, 0.1) is 0 Å². The van der Waals surface area contributed by atoms with Crippen molar-refractivity contribution < 1.29 is 0 Å². The van der Waals surface area contributed by atoms with Crippen molar-refractivity contribution in [3.63, 3.8) is 0 Å². The molecular weight excluding hydrogens is 766 g/mol. The standard InChI is InChI=1S/C62H48B2/c1-39(2)53-37-59(63(55-29-13-21-41-17-5-9-25-45(41)55)56-30-14-22-42-18-6-10-26-46(42)56)51-36-34-50-54(40(3)4)38-60(52-35-33-49(53)61(51)62(50)52)64(57-31-15-23-43-19-7-11-27-47(43)57)58-32-16-24-44-20-8-12-28-48(44)58/h5-40H,1-4H3. The fourth-order valence-electron chi connectivity index (χ4n) is 11.6. The first-order valence-corrected chi connectivity index (χ1v) is 23.1. The maximum absolute atomic E-state index is 2.58. The fourth-order valence-corrected chi connectivity index (χ4v) is 11.6. The molecule has 12 rings (SSSR count). The Morgan fingerprint density at radius 2 is 0.516 bits per heavy atom. The van der Waals surface area contributed by atoms with Crippen molar-refractivity contribution in [3.8, 4) is 0 Å².